The Morgan fingerprint density at radius 2 is 1.62 bits per heavy atom. The summed E-state index contributed by atoms with van der Waals surface area (Å²) in [7, 11) is 0. The number of unbranched alkanes of at least 4 members (excludes halogenated alkanes) is 1. The second kappa shape index (κ2) is 4.84. The summed E-state index contributed by atoms with van der Waals surface area (Å²) in [6.45, 7) is 3.50. The van der Waals surface area contributed by atoms with Crippen LogP contribution in [-0.4, -0.2) is 22.2 Å². The Kier molecular flexibility index (Phi) is 4.45. The Balaban J connectivity index is 4.66. The van der Waals surface area contributed by atoms with Crippen LogP contribution in [0.2, 0.25) is 0 Å². The minimum Gasteiger partial charge on any atom is -0.480 e. The van der Waals surface area contributed by atoms with E-state index in [2.05, 4.69) is 0 Å². The SMILES string of the molecule is CCCCC(CC)(C(=O)O)C(=O)O. The number of carboxylic acid groups (broad SMARTS) is 2. The van der Waals surface area contributed by atoms with Crippen molar-refractivity contribution in [3.8, 4) is 0 Å². The first-order valence-electron chi connectivity index (χ1n) is 4.48. The van der Waals surface area contributed by atoms with E-state index in [0.717, 1.165) is 6.42 Å². The van der Waals surface area contributed by atoms with Crippen LogP contribution in [0.4, 0.5) is 0 Å². The molecule has 4 nitrogen and oxygen atoms in total. The van der Waals surface area contributed by atoms with Crippen molar-refractivity contribution in [2.45, 2.75) is 39.5 Å². The smallest absolute Gasteiger partial charge is 0.321 e. The molecule has 0 radical (unpaired) electrons. The summed E-state index contributed by atoms with van der Waals surface area (Å²) in [5.74, 6) is -2.45. The van der Waals surface area contributed by atoms with E-state index in [1.807, 2.05) is 6.92 Å². The normalized spacial score (nSPS) is 11.2. The number of hydrogen-bond donors (Lipinski definition) is 2. The molecular weight excluding hydrogens is 172 g/mol. The van der Waals surface area contributed by atoms with Gasteiger partial charge in [0.2, 0.25) is 0 Å². The molecule has 0 aromatic rings. The monoisotopic (exact) mass is 188 g/mol. The van der Waals surface area contributed by atoms with Crippen molar-refractivity contribution in [3.05, 3.63) is 0 Å². The molecule has 0 spiro atoms. The van der Waals surface area contributed by atoms with Gasteiger partial charge in [-0.2, -0.15) is 0 Å². The number of rotatable bonds is 6. The number of carboxylic acids is 2. The zero-order valence-corrected chi connectivity index (χ0v) is 8.04. The molecule has 0 aliphatic rings. The molecule has 0 aliphatic carbocycles. The third-order valence-corrected chi connectivity index (χ3v) is 2.38. The maximum absolute atomic E-state index is 10.8. The van der Waals surface area contributed by atoms with Gasteiger partial charge in [0, 0.05) is 0 Å². The largest absolute Gasteiger partial charge is 0.480 e. The summed E-state index contributed by atoms with van der Waals surface area (Å²) in [5, 5.41) is 17.7. The molecule has 0 amide bonds. The lowest BCUT2D eigenvalue weighted by molar-refractivity contribution is -0.165. The lowest BCUT2D eigenvalue weighted by Gasteiger charge is -2.22. The topological polar surface area (TPSA) is 74.6 Å². The van der Waals surface area contributed by atoms with Gasteiger partial charge in [-0.25, -0.2) is 0 Å². The quantitative estimate of drug-likeness (QED) is 0.622. The van der Waals surface area contributed by atoms with Gasteiger partial charge in [-0.3, -0.25) is 9.59 Å². The van der Waals surface area contributed by atoms with Crippen LogP contribution in [0.15, 0.2) is 0 Å². The molecular formula is C9H16O4. The first-order chi connectivity index (χ1) is 6.01. The van der Waals surface area contributed by atoms with Crippen molar-refractivity contribution in [1.82, 2.24) is 0 Å². The van der Waals surface area contributed by atoms with Crippen molar-refractivity contribution in [2.75, 3.05) is 0 Å². The van der Waals surface area contributed by atoms with Crippen LogP contribution >= 0.6 is 0 Å². The Labute approximate surface area is 77.6 Å². The number of aliphatic carboxylic acids is 2. The first kappa shape index (κ1) is 11.9. The van der Waals surface area contributed by atoms with Crippen LogP contribution in [-0.2, 0) is 9.59 Å². The molecule has 0 aliphatic heterocycles. The maximum atomic E-state index is 10.8. The van der Waals surface area contributed by atoms with Crippen molar-refractivity contribution in [2.24, 2.45) is 5.41 Å². The van der Waals surface area contributed by atoms with E-state index in [1.54, 1.807) is 6.92 Å². The highest BCUT2D eigenvalue weighted by Gasteiger charge is 2.43. The third-order valence-electron chi connectivity index (χ3n) is 2.38. The first-order valence-corrected chi connectivity index (χ1v) is 4.48. The predicted octanol–water partition coefficient (Wildman–Crippen LogP) is 1.74. The highest BCUT2D eigenvalue weighted by molar-refractivity contribution is 5.98. The van der Waals surface area contributed by atoms with E-state index >= 15 is 0 Å². The van der Waals surface area contributed by atoms with Crippen LogP contribution in [0.25, 0.3) is 0 Å². The number of hydrogen-bond acceptors (Lipinski definition) is 2. The minimum atomic E-state index is -1.57. The molecule has 76 valence electrons. The van der Waals surface area contributed by atoms with Gasteiger partial charge >= 0.3 is 11.9 Å². The molecule has 0 aromatic carbocycles. The summed E-state index contributed by atoms with van der Waals surface area (Å²) < 4.78 is 0. The zero-order valence-electron chi connectivity index (χ0n) is 8.04. The summed E-state index contributed by atoms with van der Waals surface area (Å²) in [6, 6.07) is 0. The molecule has 0 aromatic heterocycles. The lowest BCUT2D eigenvalue weighted by Crippen LogP contribution is -2.38. The lowest BCUT2D eigenvalue weighted by atomic mass is 9.80. The molecule has 0 fully saturated rings. The van der Waals surface area contributed by atoms with Gasteiger partial charge in [0.25, 0.3) is 0 Å². The number of carbonyl (C=O) groups is 2. The highest BCUT2D eigenvalue weighted by Crippen LogP contribution is 2.29. The van der Waals surface area contributed by atoms with Gasteiger partial charge in [-0.05, 0) is 12.8 Å². The third kappa shape index (κ3) is 2.44. The van der Waals surface area contributed by atoms with E-state index in [9.17, 15) is 9.59 Å². The molecule has 0 atom stereocenters. The Morgan fingerprint density at radius 3 is 1.85 bits per heavy atom. The van der Waals surface area contributed by atoms with E-state index in [0.29, 0.717) is 6.42 Å². The molecule has 0 saturated heterocycles. The van der Waals surface area contributed by atoms with Gasteiger partial charge < -0.3 is 10.2 Å². The average Bonchev–Trinajstić information content (AvgIpc) is 2.05. The van der Waals surface area contributed by atoms with Crippen molar-refractivity contribution in [3.63, 3.8) is 0 Å². The Hall–Kier alpha value is -1.06. The van der Waals surface area contributed by atoms with E-state index in [4.69, 9.17) is 10.2 Å². The second-order valence-corrected chi connectivity index (χ2v) is 3.15. The fourth-order valence-corrected chi connectivity index (χ4v) is 1.26. The molecule has 0 rings (SSSR count). The van der Waals surface area contributed by atoms with E-state index in [-0.39, 0.29) is 12.8 Å². The standard InChI is InChI=1S/C9H16O4/c1-3-5-6-9(4-2,7(10)11)8(12)13/h3-6H2,1-2H3,(H,10,11)(H,12,13). The second-order valence-electron chi connectivity index (χ2n) is 3.15. The van der Waals surface area contributed by atoms with Crippen molar-refractivity contribution < 1.29 is 19.8 Å². The summed E-state index contributed by atoms with van der Waals surface area (Å²) in [5.41, 5.74) is -1.57. The fraction of sp³-hybridized carbons (Fsp3) is 0.778. The van der Waals surface area contributed by atoms with Gasteiger partial charge in [-0.1, -0.05) is 26.7 Å². The van der Waals surface area contributed by atoms with Gasteiger partial charge in [0.05, 0.1) is 0 Å². The molecule has 13 heavy (non-hydrogen) atoms. The van der Waals surface area contributed by atoms with Crippen LogP contribution in [0, 0.1) is 5.41 Å². The molecule has 0 bridgehead atoms. The van der Waals surface area contributed by atoms with Crippen LogP contribution in [0.1, 0.15) is 39.5 Å². The highest BCUT2D eigenvalue weighted by atomic mass is 16.4. The van der Waals surface area contributed by atoms with Crippen LogP contribution < -0.4 is 0 Å². The van der Waals surface area contributed by atoms with Crippen molar-refractivity contribution in [1.29, 1.82) is 0 Å². The Bertz CT molecular complexity index is 184. The van der Waals surface area contributed by atoms with Crippen molar-refractivity contribution >= 4 is 11.9 Å². The average molecular weight is 188 g/mol. The zero-order chi connectivity index (χ0) is 10.5. The molecule has 0 unspecified atom stereocenters. The summed E-state index contributed by atoms with van der Waals surface area (Å²) in [4.78, 5) is 21.6. The fourth-order valence-electron chi connectivity index (χ4n) is 1.26. The van der Waals surface area contributed by atoms with Gasteiger partial charge in [0.15, 0.2) is 5.41 Å². The maximum Gasteiger partial charge on any atom is 0.321 e. The minimum absolute atomic E-state index is 0.137. The predicted molar refractivity (Wildman–Crippen MR) is 47.5 cm³/mol. The van der Waals surface area contributed by atoms with Gasteiger partial charge in [0.1, 0.15) is 0 Å². The van der Waals surface area contributed by atoms with E-state index < -0.39 is 17.4 Å². The van der Waals surface area contributed by atoms with Crippen LogP contribution in [0.3, 0.4) is 0 Å². The van der Waals surface area contributed by atoms with Gasteiger partial charge in [-0.15, -0.1) is 0 Å². The summed E-state index contributed by atoms with van der Waals surface area (Å²) in [6.07, 6.45) is 1.79. The molecule has 0 saturated carbocycles. The molecule has 0 heterocycles. The van der Waals surface area contributed by atoms with Crippen LogP contribution in [0.5, 0.6) is 0 Å². The molecule has 2 N–H and O–H groups in total. The van der Waals surface area contributed by atoms with E-state index in [1.165, 1.54) is 0 Å². The Morgan fingerprint density at radius 1 is 1.15 bits per heavy atom. The summed E-state index contributed by atoms with van der Waals surface area (Å²) >= 11 is 0. The molecule has 4 heteroatoms.